The third-order valence-corrected chi connectivity index (χ3v) is 4.97. The second kappa shape index (κ2) is 5.72. The van der Waals surface area contributed by atoms with E-state index in [1.54, 1.807) is 17.5 Å². The number of rotatable bonds is 3. The molecule has 25 heavy (non-hydrogen) atoms. The van der Waals surface area contributed by atoms with Crippen molar-refractivity contribution in [2.24, 2.45) is 0 Å². The van der Waals surface area contributed by atoms with Crippen molar-refractivity contribution in [2.45, 2.75) is 0 Å². The number of hydrogen-bond donors (Lipinski definition) is 2. The summed E-state index contributed by atoms with van der Waals surface area (Å²) in [5, 5.41) is 13.0. The Morgan fingerprint density at radius 1 is 0.880 bits per heavy atom. The molecular formula is C20H14N4S. The van der Waals surface area contributed by atoms with E-state index in [0.717, 1.165) is 28.3 Å². The minimum absolute atomic E-state index is 0.883. The molecule has 0 radical (unpaired) electrons. The Morgan fingerprint density at radius 3 is 2.72 bits per heavy atom. The number of fused-ring (bicyclic) bond motifs is 1. The molecule has 4 nitrogen and oxygen atoms in total. The van der Waals surface area contributed by atoms with Gasteiger partial charge in [-0.3, -0.25) is 10.1 Å². The van der Waals surface area contributed by atoms with Crippen LogP contribution in [0.4, 0.5) is 0 Å². The van der Waals surface area contributed by atoms with Crippen molar-refractivity contribution in [2.75, 3.05) is 0 Å². The molecule has 0 amide bonds. The highest BCUT2D eigenvalue weighted by Gasteiger charge is 2.12. The molecule has 0 unspecified atom stereocenters. The average molecular weight is 342 g/mol. The second-order valence-corrected chi connectivity index (χ2v) is 6.62. The minimum atomic E-state index is 0.883. The van der Waals surface area contributed by atoms with Gasteiger partial charge in [0.25, 0.3) is 0 Å². The first-order chi connectivity index (χ1) is 12.4. The van der Waals surface area contributed by atoms with Crippen LogP contribution in [0.3, 0.4) is 0 Å². The fourth-order valence-electron chi connectivity index (χ4n) is 3.08. The van der Waals surface area contributed by atoms with Gasteiger partial charge in [-0.05, 0) is 58.3 Å². The molecule has 0 spiro atoms. The van der Waals surface area contributed by atoms with Crippen LogP contribution >= 0.6 is 11.3 Å². The first kappa shape index (κ1) is 14.2. The number of hydrogen-bond acceptors (Lipinski definition) is 3. The van der Waals surface area contributed by atoms with Crippen LogP contribution in [0.2, 0.25) is 0 Å². The van der Waals surface area contributed by atoms with Gasteiger partial charge in [0, 0.05) is 17.1 Å². The van der Waals surface area contributed by atoms with Crippen LogP contribution in [0, 0.1) is 0 Å². The number of benzene rings is 1. The number of aromatic nitrogens is 4. The largest absolute Gasteiger partial charge is 0.353 e. The zero-order valence-electron chi connectivity index (χ0n) is 13.2. The molecule has 5 heteroatoms. The van der Waals surface area contributed by atoms with Gasteiger partial charge in [-0.15, -0.1) is 0 Å². The molecule has 0 saturated carbocycles. The van der Waals surface area contributed by atoms with Crippen molar-refractivity contribution in [3.8, 4) is 33.9 Å². The first-order valence-corrected chi connectivity index (χ1v) is 8.94. The summed E-state index contributed by atoms with van der Waals surface area (Å²) in [6.45, 7) is 0. The Balaban J connectivity index is 1.60. The van der Waals surface area contributed by atoms with Crippen molar-refractivity contribution in [3.05, 3.63) is 71.6 Å². The SMILES string of the molecule is c1ccc(-c2cc(-c3cc4c(-c5ccsc5)cccc4[nH]3)n[nH]2)nc1. The smallest absolute Gasteiger partial charge is 0.109 e. The van der Waals surface area contributed by atoms with Crippen LogP contribution < -0.4 is 0 Å². The third-order valence-electron chi connectivity index (χ3n) is 4.29. The van der Waals surface area contributed by atoms with Gasteiger partial charge in [0.15, 0.2) is 0 Å². The summed E-state index contributed by atoms with van der Waals surface area (Å²) >= 11 is 1.71. The molecule has 0 saturated heterocycles. The molecule has 1 aromatic carbocycles. The molecule has 0 aliphatic rings. The highest BCUT2D eigenvalue weighted by Crippen LogP contribution is 2.33. The van der Waals surface area contributed by atoms with Gasteiger partial charge in [-0.2, -0.15) is 16.4 Å². The van der Waals surface area contributed by atoms with E-state index in [1.807, 2.05) is 24.3 Å². The molecular weight excluding hydrogens is 328 g/mol. The summed E-state index contributed by atoms with van der Waals surface area (Å²) < 4.78 is 0. The predicted molar refractivity (Wildman–Crippen MR) is 102 cm³/mol. The van der Waals surface area contributed by atoms with Crippen molar-refractivity contribution >= 4 is 22.2 Å². The molecule has 4 heterocycles. The lowest BCUT2D eigenvalue weighted by atomic mass is 10.0. The maximum absolute atomic E-state index is 4.46. The average Bonchev–Trinajstić information content (AvgIpc) is 3.41. The number of aromatic amines is 2. The summed E-state index contributed by atoms with van der Waals surface area (Å²) in [6, 6.07) is 18.5. The van der Waals surface area contributed by atoms with E-state index in [-0.39, 0.29) is 0 Å². The Labute approximate surface area is 148 Å². The van der Waals surface area contributed by atoms with Crippen molar-refractivity contribution in [1.29, 1.82) is 0 Å². The molecule has 0 fully saturated rings. The van der Waals surface area contributed by atoms with Crippen molar-refractivity contribution in [3.63, 3.8) is 0 Å². The van der Waals surface area contributed by atoms with E-state index >= 15 is 0 Å². The molecule has 120 valence electrons. The zero-order valence-corrected chi connectivity index (χ0v) is 14.0. The summed E-state index contributed by atoms with van der Waals surface area (Å²) in [5.74, 6) is 0. The van der Waals surface area contributed by atoms with E-state index in [4.69, 9.17) is 0 Å². The molecule has 0 bridgehead atoms. The lowest BCUT2D eigenvalue weighted by Gasteiger charge is -1.99. The van der Waals surface area contributed by atoms with Crippen LogP contribution in [0.25, 0.3) is 44.8 Å². The molecule has 5 aromatic rings. The molecule has 0 aliphatic heterocycles. The summed E-state index contributed by atoms with van der Waals surface area (Å²) in [7, 11) is 0. The highest BCUT2D eigenvalue weighted by molar-refractivity contribution is 7.08. The first-order valence-electron chi connectivity index (χ1n) is 8.00. The van der Waals surface area contributed by atoms with Crippen LogP contribution in [0.15, 0.2) is 71.6 Å². The van der Waals surface area contributed by atoms with E-state index < -0.39 is 0 Å². The second-order valence-electron chi connectivity index (χ2n) is 5.84. The van der Waals surface area contributed by atoms with Gasteiger partial charge in [0.2, 0.25) is 0 Å². The highest BCUT2D eigenvalue weighted by atomic mass is 32.1. The van der Waals surface area contributed by atoms with Crippen LogP contribution in [-0.2, 0) is 0 Å². The van der Waals surface area contributed by atoms with Crippen molar-refractivity contribution < 1.29 is 0 Å². The monoisotopic (exact) mass is 342 g/mol. The fourth-order valence-corrected chi connectivity index (χ4v) is 3.73. The van der Waals surface area contributed by atoms with Crippen LogP contribution in [0.1, 0.15) is 0 Å². The Morgan fingerprint density at radius 2 is 1.88 bits per heavy atom. The van der Waals surface area contributed by atoms with E-state index in [9.17, 15) is 0 Å². The quantitative estimate of drug-likeness (QED) is 0.464. The fraction of sp³-hybridized carbons (Fsp3) is 0. The Kier molecular flexibility index (Phi) is 3.24. The Bertz CT molecular complexity index is 1140. The molecule has 0 aliphatic carbocycles. The normalized spacial score (nSPS) is 11.2. The maximum atomic E-state index is 4.46. The number of nitrogens with zero attached hydrogens (tertiary/aromatic N) is 2. The summed E-state index contributed by atoms with van der Waals surface area (Å²) in [6.07, 6.45) is 1.78. The van der Waals surface area contributed by atoms with Gasteiger partial charge in [-0.25, -0.2) is 0 Å². The number of nitrogens with one attached hydrogen (secondary N) is 2. The number of H-pyrrole nitrogens is 2. The van der Waals surface area contributed by atoms with Gasteiger partial charge in [-0.1, -0.05) is 18.2 Å². The predicted octanol–water partition coefficient (Wildman–Crippen LogP) is 5.35. The van der Waals surface area contributed by atoms with Crippen molar-refractivity contribution in [1.82, 2.24) is 20.2 Å². The third kappa shape index (κ3) is 2.45. The van der Waals surface area contributed by atoms with E-state index in [1.165, 1.54) is 16.5 Å². The summed E-state index contributed by atoms with van der Waals surface area (Å²) in [5.41, 5.74) is 7.27. The summed E-state index contributed by atoms with van der Waals surface area (Å²) in [4.78, 5) is 7.85. The standard InChI is InChI=1S/C20H14N4S/c1-2-8-21-17(5-1)19-11-20(24-23-19)18-10-15-14(13-7-9-25-12-13)4-3-6-16(15)22-18/h1-12,22H,(H,23,24). The molecule has 2 N–H and O–H groups in total. The number of thiophene rings is 1. The Hall–Kier alpha value is -3.18. The zero-order chi connectivity index (χ0) is 16.6. The van der Waals surface area contributed by atoms with Gasteiger partial charge < -0.3 is 4.98 Å². The van der Waals surface area contributed by atoms with Crippen LogP contribution in [0.5, 0.6) is 0 Å². The van der Waals surface area contributed by atoms with E-state index in [2.05, 4.69) is 61.3 Å². The number of pyridine rings is 1. The molecule has 0 atom stereocenters. The molecule has 5 rings (SSSR count). The lowest BCUT2D eigenvalue weighted by molar-refractivity contribution is 1.09. The molecule has 4 aromatic heterocycles. The minimum Gasteiger partial charge on any atom is -0.353 e. The van der Waals surface area contributed by atoms with E-state index in [0.29, 0.717) is 0 Å². The van der Waals surface area contributed by atoms with Gasteiger partial charge >= 0.3 is 0 Å². The topological polar surface area (TPSA) is 57.4 Å². The van der Waals surface area contributed by atoms with Gasteiger partial charge in [0.1, 0.15) is 5.69 Å². The van der Waals surface area contributed by atoms with Crippen LogP contribution in [-0.4, -0.2) is 20.2 Å². The lowest BCUT2D eigenvalue weighted by Crippen LogP contribution is -1.80. The maximum Gasteiger partial charge on any atom is 0.109 e. The van der Waals surface area contributed by atoms with Gasteiger partial charge in [0.05, 0.1) is 17.1 Å².